The molecule has 1 atom stereocenters. The lowest BCUT2D eigenvalue weighted by molar-refractivity contribution is 0.714. The molecule has 1 N–H and O–H groups in total. The SMILES string of the molecule is CCC(Nc1ncnn2cc(Br)cc12)c1cccc(C)n1. The summed E-state index contributed by atoms with van der Waals surface area (Å²) in [5.74, 6) is 0.811. The Balaban J connectivity index is 1.96. The maximum Gasteiger partial charge on any atom is 0.154 e. The lowest BCUT2D eigenvalue weighted by atomic mass is 10.1. The Labute approximate surface area is 131 Å². The molecule has 0 aliphatic heterocycles. The first-order chi connectivity index (χ1) is 10.2. The van der Waals surface area contributed by atoms with Gasteiger partial charge in [-0.3, -0.25) is 4.98 Å². The second-order valence-electron chi connectivity index (χ2n) is 4.91. The van der Waals surface area contributed by atoms with Gasteiger partial charge in [0.25, 0.3) is 0 Å². The van der Waals surface area contributed by atoms with E-state index >= 15 is 0 Å². The number of anilines is 1. The normalized spacial score (nSPS) is 12.5. The van der Waals surface area contributed by atoms with Gasteiger partial charge in [0.05, 0.1) is 11.7 Å². The summed E-state index contributed by atoms with van der Waals surface area (Å²) in [6.45, 7) is 4.14. The van der Waals surface area contributed by atoms with E-state index in [1.807, 2.05) is 37.4 Å². The van der Waals surface area contributed by atoms with Gasteiger partial charge in [-0.1, -0.05) is 13.0 Å². The van der Waals surface area contributed by atoms with Gasteiger partial charge in [0.2, 0.25) is 0 Å². The summed E-state index contributed by atoms with van der Waals surface area (Å²) in [6, 6.07) is 8.20. The number of hydrogen-bond donors (Lipinski definition) is 1. The van der Waals surface area contributed by atoms with Crippen LogP contribution in [0.4, 0.5) is 5.82 Å². The molecule has 3 rings (SSSR count). The first kappa shape index (κ1) is 14.0. The molecule has 0 spiro atoms. The molecule has 21 heavy (non-hydrogen) atoms. The molecule has 6 heteroatoms. The van der Waals surface area contributed by atoms with Gasteiger partial charge in [0.1, 0.15) is 11.8 Å². The van der Waals surface area contributed by atoms with Crippen LogP contribution in [0.5, 0.6) is 0 Å². The minimum Gasteiger partial charge on any atom is -0.360 e. The first-order valence-electron chi connectivity index (χ1n) is 6.86. The lowest BCUT2D eigenvalue weighted by Gasteiger charge is -2.18. The van der Waals surface area contributed by atoms with Crippen LogP contribution in [-0.4, -0.2) is 19.6 Å². The number of nitrogens with zero attached hydrogens (tertiary/aromatic N) is 4. The highest BCUT2D eigenvalue weighted by Crippen LogP contribution is 2.25. The van der Waals surface area contributed by atoms with Gasteiger partial charge in [-0.2, -0.15) is 5.10 Å². The van der Waals surface area contributed by atoms with Crippen molar-refractivity contribution in [3.8, 4) is 0 Å². The standard InChI is InChI=1S/C15H16BrN5/c1-3-12(13-6-4-5-10(2)19-13)20-15-14-7-11(16)8-21(14)18-9-17-15/h4-9,12H,3H2,1-2H3,(H,17,18,20). The topological polar surface area (TPSA) is 55.1 Å². The van der Waals surface area contributed by atoms with Gasteiger partial charge < -0.3 is 5.32 Å². The second-order valence-corrected chi connectivity index (χ2v) is 5.82. The number of rotatable bonds is 4. The van der Waals surface area contributed by atoms with Crippen molar-refractivity contribution in [2.24, 2.45) is 0 Å². The average Bonchev–Trinajstić information content (AvgIpc) is 2.85. The van der Waals surface area contributed by atoms with Crippen LogP contribution in [0.1, 0.15) is 30.8 Å². The summed E-state index contributed by atoms with van der Waals surface area (Å²) in [5.41, 5.74) is 2.99. The molecule has 5 nitrogen and oxygen atoms in total. The minimum atomic E-state index is 0.122. The highest BCUT2D eigenvalue weighted by molar-refractivity contribution is 9.10. The van der Waals surface area contributed by atoms with E-state index in [1.165, 1.54) is 0 Å². The molecule has 0 aliphatic carbocycles. The quantitative estimate of drug-likeness (QED) is 0.782. The van der Waals surface area contributed by atoms with E-state index in [9.17, 15) is 0 Å². The van der Waals surface area contributed by atoms with Gasteiger partial charge in [0, 0.05) is 16.4 Å². The monoisotopic (exact) mass is 345 g/mol. The van der Waals surface area contributed by atoms with Crippen molar-refractivity contribution in [2.75, 3.05) is 5.32 Å². The van der Waals surface area contributed by atoms with Crippen LogP contribution in [0, 0.1) is 6.92 Å². The van der Waals surface area contributed by atoms with Crippen LogP contribution in [-0.2, 0) is 0 Å². The summed E-state index contributed by atoms with van der Waals surface area (Å²) in [6.07, 6.45) is 4.39. The molecule has 0 aromatic carbocycles. The second kappa shape index (κ2) is 5.81. The number of hydrogen-bond acceptors (Lipinski definition) is 4. The van der Waals surface area contributed by atoms with Crippen LogP contribution in [0.15, 0.2) is 41.3 Å². The maximum atomic E-state index is 4.60. The zero-order chi connectivity index (χ0) is 14.8. The number of aryl methyl sites for hydroxylation is 1. The van der Waals surface area contributed by atoms with Crippen LogP contribution >= 0.6 is 15.9 Å². The molecule has 108 valence electrons. The van der Waals surface area contributed by atoms with E-state index in [1.54, 1.807) is 10.8 Å². The van der Waals surface area contributed by atoms with Gasteiger partial charge in [0.15, 0.2) is 5.82 Å². The molecule has 3 aromatic rings. The highest BCUT2D eigenvalue weighted by Gasteiger charge is 2.14. The molecule has 0 amide bonds. The third-order valence-corrected chi connectivity index (χ3v) is 3.79. The van der Waals surface area contributed by atoms with Crippen molar-refractivity contribution < 1.29 is 0 Å². The Bertz CT molecular complexity index is 768. The number of aromatic nitrogens is 4. The molecule has 1 unspecified atom stereocenters. The predicted molar refractivity (Wildman–Crippen MR) is 86.3 cm³/mol. The fourth-order valence-corrected chi connectivity index (χ4v) is 2.73. The van der Waals surface area contributed by atoms with Crippen molar-refractivity contribution in [3.05, 3.63) is 52.7 Å². The molecule has 0 saturated carbocycles. The Morgan fingerprint density at radius 1 is 1.38 bits per heavy atom. The van der Waals surface area contributed by atoms with Gasteiger partial charge in [-0.15, -0.1) is 0 Å². The smallest absolute Gasteiger partial charge is 0.154 e. The zero-order valence-electron chi connectivity index (χ0n) is 11.9. The Morgan fingerprint density at radius 2 is 2.24 bits per heavy atom. The number of halogens is 1. The van der Waals surface area contributed by atoms with E-state index in [-0.39, 0.29) is 6.04 Å². The van der Waals surface area contributed by atoms with Crippen LogP contribution in [0.25, 0.3) is 5.52 Å². The zero-order valence-corrected chi connectivity index (χ0v) is 13.5. The molecule has 0 aliphatic rings. The molecule has 3 heterocycles. The number of nitrogens with one attached hydrogen (secondary N) is 1. The van der Waals surface area contributed by atoms with E-state index in [0.29, 0.717) is 0 Å². The third-order valence-electron chi connectivity index (χ3n) is 3.36. The average molecular weight is 346 g/mol. The molecule has 0 saturated heterocycles. The fourth-order valence-electron chi connectivity index (χ4n) is 2.32. The summed E-state index contributed by atoms with van der Waals surface area (Å²) < 4.78 is 2.78. The van der Waals surface area contributed by atoms with Crippen LogP contribution in [0.2, 0.25) is 0 Å². The summed E-state index contributed by atoms with van der Waals surface area (Å²) in [5, 5.41) is 7.68. The van der Waals surface area contributed by atoms with Gasteiger partial charge in [-0.05, 0) is 47.5 Å². The van der Waals surface area contributed by atoms with Gasteiger partial charge in [-0.25, -0.2) is 9.50 Å². The Hall–Kier alpha value is -1.95. The van der Waals surface area contributed by atoms with Crippen molar-refractivity contribution in [3.63, 3.8) is 0 Å². The predicted octanol–water partition coefficient (Wildman–Crippen LogP) is 3.76. The number of pyridine rings is 1. The van der Waals surface area contributed by atoms with E-state index in [0.717, 1.165) is 33.6 Å². The van der Waals surface area contributed by atoms with E-state index < -0.39 is 0 Å². The number of fused-ring (bicyclic) bond motifs is 1. The van der Waals surface area contributed by atoms with Crippen molar-refractivity contribution in [2.45, 2.75) is 26.3 Å². The first-order valence-corrected chi connectivity index (χ1v) is 7.65. The molecular weight excluding hydrogens is 330 g/mol. The third kappa shape index (κ3) is 2.90. The lowest BCUT2D eigenvalue weighted by Crippen LogP contribution is -2.13. The summed E-state index contributed by atoms with van der Waals surface area (Å²) in [4.78, 5) is 8.97. The van der Waals surface area contributed by atoms with Gasteiger partial charge >= 0.3 is 0 Å². The molecule has 3 aromatic heterocycles. The fraction of sp³-hybridized carbons (Fsp3) is 0.267. The summed E-state index contributed by atoms with van der Waals surface area (Å²) >= 11 is 3.47. The largest absolute Gasteiger partial charge is 0.360 e. The van der Waals surface area contributed by atoms with Crippen LogP contribution in [0.3, 0.4) is 0 Å². The molecule has 0 fully saturated rings. The maximum absolute atomic E-state index is 4.60. The molecule has 0 radical (unpaired) electrons. The van der Waals surface area contributed by atoms with E-state index in [2.05, 4.69) is 43.2 Å². The van der Waals surface area contributed by atoms with Crippen molar-refractivity contribution >= 4 is 27.3 Å². The summed E-state index contributed by atoms with van der Waals surface area (Å²) in [7, 11) is 0. The highest BCUT2D eigenvalue weighted by atomic mass is 79.9. The molecular formula is C15H16BrN5. The Kier molecular flexibility index (Phi) is 3.88. The van der Waals surface area contributed by atoms with Crippen LogP contribution < -0.4 is 5.32 Å². The van der Waals surface area contributed by atoms with Crippen molar-refractivity contribution in [1.29, 1.82) is 0 Å². The molecule has 0 bridgehead atoms. The van der Waals surface area contributed by atoms with Crippen molar-refractivity contribution in [1.82, 2.24) is 19.6 Å². The van der Waals surface area contributed by atoms with E-state index in [4.69, 9.17) is 0 Å². The Morgan fingerprint density at radius 3 is 3.00 bits per heavy atom. The minimum absolute atomic E-state index is 0.122.